The highest BCUT2D eigenvalue weighted by Crippen LogP contribution is 2.16. The summed E-state index contributed by atoms with van der Waals surface area (Å²) in [5, 5.41) is 4.00. The fraction of sp³-hybridized carbons (Fsp3) is 0.556. The molecule has 1 atom stereocenters. The summed E-state index contributed by atoms with van der Waals surface area (Å²) in [4.78, 5) is 22.6. The number of amides is 1. The number of hydrogen-bond acceptors (Lipinski definition) is 6. The van der Waals surface area contributed by atoms with Crippen LogP contribution in [0.25, 0.3) is 0 Å². The third-order valence-corrected chi connectivity index (χ3v) is 4.18. The molecule has 0 N–H and O–H groups in total. The first-order valence-electron chi connectivity index (χ1n) is 8.73. The molecule has 0 bridgehead atoms. The quantitative estimate of drug-likeness (QED) is 0.798. The molecule has 1 aliphatic heterocycles. The molecule has 0 aromatic carbocycles. The highest BCUT2D eigenvalue weighted by molar-refractivity contribution is 5.91. The molecule has 3 heterocycles. The van der Waals surface area contributed by atoms with Gasteiger partial charge in [0.25, 0.3) is 5.91 Å². The first kappa shape index (κ1) is 17.5. The minimum atomic E-state index is -0.113. The maximum Gasteiger partial charge on any atom is 0.292 e. The van der Waals surface area contributed by atoms with Crippen molar-refractivity contribution < 1.29 is 14.1 Å². The van der Waals surface area contributed by atoms with E-state index in [0.717, 1.165) is 30.7 Å². The van der Waals surface area contributed by atoms with Crippen molar-refractivity contribution in [3.63, 3.8) is 0 Å². The number of hydrogen-bond donors (Lipinski definition) is 0. The van der Waals surface area contributed by atoms with Gasteiger partial charge in [0, 0.05) is 31.0 Å². The summed E-state index contributed by atoms with van der Waals surface area (Å²) in [7, 11) is 0. The van der Waals surface area contributed by atoms with Crippen molar-refractivity contribution in [3.8, 4) is 0 Å². The second kappa shape index (κ2) is 8.20. The van der Waals surface area contributed by atoms with E-state index in [-0.39, 0.29) is 12.0 Å². The zero-order valence-electron chi connectivity index (χ0n) is 14.7. The number of morpholine rings is 1. The maximum absolute atomic E-state index is 12.6. The van der Waals surface area contributed by atoms with Crippen LogP contribution >= 0.6 is 0 Å². The molecule has 25 heavy (non-hydrogen) atoms. The van der Waals surface area contributed by atoms with Gasteiger partial charge < -0.3 is 14.2 Å². The van der Waals surface area contributed by atoms with Crippen molar-refractivity contribution in [2.75, 3.05) is 19.7 Å². The molecule has 2 aromatic heterocycles. The number of carbonyl (C=O) groups excluding carboxylic acids is 1. The van der Waals surface area contributed by atoms with E-state index in [1.807, 2.05) is 6.07 Å². The van der Waals surface area contributed by atoms with E-state index in [4.69, 9.17) is 9.26 Å². The van der Waals surface area contributed by atoms with Gasteiger partial charge in [-0.05, 0) is 31.2 Å². The molecule has 0 saturated carbocycles. The van der Waals surface area contributed by atoms with Crippen LogP contribution in [-0.2, 0) is 17.6 Å². The van der Waals surface area contributed by atoms with Crippen molar-refractivity contribution in [2.45, 2.75) is 39.2 Å². The third-order valence-electron chi connectivity index (χ3n) is 4.18. The third kappa shape index (κ3) is 4.85. The normalized spacial score (nSPS) is 17.9. The second-order valence-corrected chi connectivity index (χ2v) is 6.76. The number of aromatic nitrogens is 3. The SMILES string of the molecule is CC(C)Cc1cc(C(=O)N2CCO[C@H](CCc3ccncn3)C2)on1. The van der Waals surface area contributed by atoms with Crippen molar-refractivity contribution in [1.29, 1.82) is 0 Å². The van der Waals surface area contributed by atoms with E-state index in [1.54, 1.807) is 23.5 Å². The summed E-state index contributed by atoms with van der Waals surface area (Å²) in [5.74, 6) is 0.674. The van der Waals surface area contributed by atoms with Crippen LogP contribution in [0.4, 0.5) is 0 Å². The molecule has 3 rings (SSSR count). The molecule has 1 amide bonds. The van der Waals surface area contributed by atoms with Crippen molar-refractivity contribution in [2.24, 2.45) is 5.92 Å². The molecule has 7 heteroatoms. The maximum atomic E-state index is 12.6. The lowest BCUT2D eigenvalue weighted by atomic mass is 10.1. The Kier molecular flexibility index (Phi) is 5.75. The van der Waals surface area contributed by atoms with Gasteiger partial charge in [-0.25, -0.2) is 9.97 Å². The van der Waals surface area contributed by atoms with E-state index in [0.29, 0.717) is 31.4 Å². The van der Waals surface area contributed by atoms with Crippen LogP contribution in [0.1, 0.15) is 42.2 Å². The van der Waals surface area contributed by atoms with Gasteiger partial charge in [0.2, 0.25) is 5.76 Å². The van der Waals surface area contributed by atoms with Crippen molar-refractivity contribution >= 4 is 5.91 Å². The Morgan fingerprint density at radius 1 is 1.40 bits per heavy atom. The van der Waals surface area contributed by atoms with Crippen LogP contribution in [0.15, 0.2) is 29.2 Å². The standard InChI is InChI=1S/C18H24N4O3/c1-13(2)9-15-10-17(25-21-15)18(23)22-7-8-24-16(11-22)4-3-14-5-6-19-12-20-14/h5-6,10,12-13,16H,3-4,7-9,11H2,1-2H3/t16-/m1/s1. The fourth-order valence-electron chi connectivity index (χ4n) is 2.94. The van der Waals surface area contributed by atoms with Crippen LogP contribution in [0.2, 0.25) is 0 Å². The summed E-state index contributed by atoms with van der Waals surface area (Å²) >= 11 is 0. The van der Waals surface area contributed by atoms with Gasteiger partial charge in [-0.3, -0.25) is 4.79 Å². The number of aryl methyl sites for hydroxylation is 1. The van der Waals surface area contributed by atoms with Gasteiger partial charge in [0.05, 0.1) is 18.4 Å². The topological polar surface area (TPSA) is 81.4 Å². The van der Waals surface area contributed by atoms with Crippen LogP contribution in [0.5, 0.6) is 0 Å². The van der Waals surface area contributed by atoms with Gasteiger partial charge in [-0.1, -0.05) is 19.0 Å². The summed E-state index contributed by atoms with van der Waals surface area (Å²) < 4.78 is 11.0. The Hall–Kier alpha value is -2.28. The minimum absolute atomic E-state index is 0.00530. The average Bonchev–Trinajstić information content (AvgIpc) is 3.08. The molecule has 1 aliphatic rings. The Bertz CT molecular complexity index is 687. The number of nitrogens with zero attached hydrogens (tertiary/aromatic N) is 4. The number of carbonyl (C=O) groups is 1. The molecule has 0 radical (unpaired) electrons. The minimum Gasteiger partial charge on any atom is -0.375 e. The molecule has 0 unspecified atom stereocenters. The first-order valence-corrected chi connectivity index (χ1v) is 8.73. The molecule has 134 valence electrons. The largest absolute Gasteiger partial charge is 0.375 e. The second-order valence-electron chi connectivity index (χ2n) is 6.76. The fourth-order valence-corrected chi connectivity index (χ4v) is 2.94. The number of rotatable bonds is 6. The zero-order chi connectivity index (χ0) is 17.6. The Morgan fingerprint density at radius 3 is 3.04 bits per heavy atom. The van der Waals surface area contributed by atoms with Crippen molar-refractivity contribution in [1.82, 2.24) is 20.0 Å². The van der Waals surface area contributed by atoms with Gasteiger partial charge >= 0.3 is 0 Å². The summed E-state index contributed by atoms with van der Waals surface area (Å²) in [5.41, 5.74) is 1.81. The van der Waals surface area contributed by atoms with Gasteiger partial charge in [0.15, 0.2) is 0 Å². The molecule has 0 aliphatic carbocycles. The first-order chi connectivity index (χ1) is 12.1. The van der Waals surface area contributed by atoms with Gasteiger partial charge in [0.1, 0.15) is 6.33 Å². The smallest absolute Gasteiger partial charge is 0.292 e. The van der Waals surface area contributed by atoms with E-state index in [9.17, 15) is 4.79 Å². The molecular formula is C18H24N4O3. The molecule has 1 fully saturated rings. The van der Waals surface area contributed by atoms with Gasteiger partial charge in [-0.2, -0.15) is 0 Å². The Balaban J connectivity index is 1.55. The molecule has 2 aromatic rings. The zero-order valence-corrected chi connectivity index (χ0v) is 14.7. The number of ether oxygens (including phenoxy) is 1. The van der Waals surface area contributed by atoms with E-state index < -0.39 is 0 Å². The Morgan fingerprint density at radius 2 is 2.28 bits per heavy atom. The van der Waals surface area contributed by atoms with Gasteiger partial charge in [-0.15, -0.1) is 0 Å². The predicted octanol–water partition coefficient (Wildman–Crippen LogP) is 2.14. The van der Waals surface area contributed by atoms with E-state index in [2.05, 4.69) is 29.0 Å². The average molecular weight is 344 g/mol. The molecular weight excluding hydrogens is 320 g/mol. The molecule has 7 nitrogen and oxygen atoms in total. The van der Waals surface area contributed by atoms with E-state index in [1.165, 1.54) is 0 Å². The van der Waals surface area contributed by atoms with Crippen LogP contribution in [-0.4, -0.2) is 51.7 Å². The summed E-state index contributed by atoms with van der Waals surface area (Å²) in [6.07, 6.45) is 5.71. The molecule has 1 saturated heterocycles. The summed E-state index contributed by atoms with van der Waals surface area (Å²) in [6, 6.07) is 3.66. The monoisotopic (exact) mass is 344 g/mol. The van der Waals surface area contributed by atoms with Crippen LogP contribution in [0.3, 0.4) is 0 Å². The highest BCUT2D eigenvalue weighted by Gasteiger charge is 2.27. The van der Waals surface area contributed by atoms with E-state index >= 15 is 0 Å². The lowest BCUT2D eigenvalue weighted by Crippen LogP contribution is -2.45. The van der Waals surface area contributed by atoms with Crippen LogP contribution in [0, 0.1) is 5.92 Å². The summed E-state index contributed by atoms with van der Waals surface area (Å²) in [6.45, 7) is 5.89. The molecule has 0 spiro atoms. The predicted molar refractivity (Wildman–Crippen MR) is 91.0 cm³/mol. The van der Waals surface area contributed by atoms with Crippen LogP contribution < -0.4 is 0 Å². The highest BCUT2D eigenvalue weighted by atomic mass is 16.5. The van der Waals surface area contributed by atoms with Crippen molar-refractivity contribution in [3.05, 3.63) is 41.8 Å². The Labute approximate surface area is 147 Å². The lowest BCUT2D eigenvalue weighted by Gasteiger charge is -2.32. The lowest BCUT2D eigenvalue weighted by molar-refractivity contribution is -0.0258.